The molecule has 2 saturated heterocycles. The fraction of sp³-hybridized carbons (Fsp3) is 0.421. The van der Waals surface area contributed by atoms with E-state index in [1.807, 2.05) is 37.2 Å². The Hall–Kier alpha value is -2.58. The first-order valence-electron chi connectivity index (χ1n) is 9.54. The van der Waals surface area contributed by atoms with Crippen LogP contribution in [0.5, 0.6) is 0 Å². The predicted octanol–water partition coefficient (Wildman–Crippen LogP) is 2.76. The maximum absolute atomic E-state index is 6.67. The van der Waals surface area contributed by atoms with E-state index in [4.69, 9.17) is 21.6 Å². The molecule has 8 nitrogen and oxygen atoms in total. The van der Waals surface area contributed by atoms with Gasteiger partial charge in [-0.2, -0.15) is 15.1 Å². The van der Waals surface area contributed by atoms with Gasteiger partial charge in [-0.3, -0.25) is 5.10 Å². The summed E-state index contributed by atoms with van der Waals surface area (Å²) in [6, 6.07) is 6.88. The number of aromatic nitrogens is 4. The highest BCUT2D eigenvalue weighted by atomic mass is 35.5. The first-order valence-corrected chi connectivity index (χ1v) is 9.92. The number of H-pyrrole nitrogens is 1. The summed E-state index contributed by atoms with van der Waals surface area (Å²) in [4.78, 5) is 13.9. The van der Waals surface area contributed by atoms with Crippen LogP contribution in [0, 0.1) is 0 Å². The number of piperazine rings is 1. The summed E-state index contributed by atoms with van der Waals surface area (Å²) in [5.41, 5.74) is 1.90. The van der Waals surface area contributed by atoms with Crippen LogP contribution in [0.3, 0.4) is 0 Å². The number of hydrogen-bond acceptors (Lipinski definition) is 7. The summed E-state index contributed by atoms with van der Waals surface area (Å²) in [5.74, 6) is 2.08. The number of rotatable bonds is 4. The molecule has 5 rings (SSSR count). The van der Waals surface area contributed by atoms with Crippen LogP contribution in [0.1, 0.15) is 12.8 Å². The summed E-state index contributed by atoms with van der Waals surface area (Å²) in [7, 11) is 3.90. The molecule has 3 N–H and O–H groups in total. The molecule has 0 radical (unpaired) electrons. The van der Waals surface area contributed by atoms with Crippen molar-refractivity contribution in [2.24, 2.45) is 0 Å². The Morgan fingerprint density at radius 2 is 1.96 bits per heavy atom. The van der Waals surface area contributed by atoms with E-state index in [0.717, 1.165) is 41.4 Å². The van der Waals surface area contributed by atoms with Gasteiger partial charge in [0, 0.05) is 50.3 Å². The van der Waals surface area contributed by atoms with Gasteiger partial charge in [0.25, 0.3) is 0 Å². The SMILES string of the molecule is CN(C)c1nc(N2C3CCC2CNC3)nc(Nc2ccc3[nH]ncc3c2)c1Cl. The van der Waals surface area contributed by atoms with Crippen LogP contribution in [0.15, 0.2) is 24.4 Å². The van der Waals surface area contributed by atoms with Gasteiger partial charge >= 0.3 is 0 Å². The van der Waals surface area contributed by atoms with Gasteiger partial charge in [-0.25, -0.2) is 0 Å². The van der Waals surface area contributed by atoms with Crippen LogP contribution in [0.4, 0.5) is 23.3 Å². The van der Waals surface area contributed by atoms with Crippen molar-refractivity contribution in [2.45, 2.75) is 24.9 Å². The third kappa shape index (κ3) is 2.93. The molecule has 146 valence electrons. The quantitative estimate of drug-likeness (QED) is 0.623. The number of nitrogens with one attached hydrogen (secondary N) is 3. The minimum absolute atomic E-state index is 0.435. The fourth-order valence-electron chi connectivity index (χ4n) is 4.18. The average Bonchev–Trinajstić information content (AvgIpc) is 3.24. The van der Waals surface area contributed by atoms with E-state index in [1.54, 1.807) is 6.20 Å². The number of aromatic amines is 1. The van der Waals surface area contributed by atoms with Crippen LogP contribution in [-0.2, 0) is 0 Å². The monoisotopic (exact) mass is 398 g/mol. The lowest BCUT2D eigenvalue weighted by atomic mass is 10.2. The van der Waals surface area contributed by atoms with Gasteiger partial charge in [-0.05, 0) is 31.0 Å². The Morgan fingerprint density at radius 1 is 1.18 bits per heavy atom. The van der Waals surface area contributed by atoms with Gasteiger partial charge in [-0.15, -0.1) is 0 Å². The van der Waals surface area contributed by atoms with E-state index in [-0.39, 0.29) is 0 Å². The van der Waals surface area contributed by atoms with Crippen molar-refractivity contribution in [3.05, 3.63) is 29.4 Å². The largest absolute Gasteiger partial charge is 0.361 e. The van der Waals surface area contributed by atoms with E-state index in [0.29, 0.717) is 22.9 Å². The molecule has 0 aliphatic carbocycles. The first kappa shape index (κ1) is 17.5. The molecule has 4 heterocycles. The maximum atomic E-state index is 6.67. The molecule has 9 heteroatoms. The Labute approximate surface area is 168 Å². The van der Waals surface area contributed by atoms with Crippen molar-refractivity contribution in [2.75, 3.05) is 42.3 Å². The molecule has 2 atom stereocenters. The molecular formula is C19H23ClN8. The third-order valence-corrected chi connectivity index (χ3v) is 5.91. The van der Waals surface area contributed by atoms with Crippen molar-refractivity contribution >= 4 is 45.8 Å². The number of halogens is 1. The zero-order valence-corrected chi connectivity index (χ0v) is 16.7. The molecule has 2 aliphatic rings. The second-order valence-electron chi connectivity index (χ2n) is 7.65. The molecule has 2 bridgehead atoms. The molecular weight excluding hydrogens is 376 g/mol. The molecule has 2 fully saturated rings. The summed E-state index contributed by atoms with van der Waals surface area (Å²) in [6.45, 7) is 1.94. The second kappa shape index (κ2) is 6.79. The van der Waals surface area contributed by atoms with Gasteiger partial charge in [-0.1, -0.05) is 11.6 Å². The molecule has 0 amide bonds. The van der Waals surface area contributed by atoms with Crippen LogP contribution >= 0.6 is 11.6 Å². The van der Waals surface area contributed by atoms with Gasteiger partial charge < -0.3 is 20.4 Å². The van der Waals surface area contributed by atoms with E-state index < -0.39 is 0 Å². The van der Waals surface area contributed by atoms with E-state index in [9.17, 15) is 0 Å². The van der Waals surface area contributed by atoms with Crippen molar-refractivity contribution in [3.63, 3.8) is 0 Å². The highest BCUT2D eigenvalue weighted by Crippen LogP contribution is 2.37. The van der Waals surface area contributed by atoms with Crippen LogP contribution in [0.25, 0.3) is 10.9 Å². The standard InChI is InChI=1S/C19H23ClN8/c1-27(2)18-16(20)17(23-12-3-6-15-11(7-12)8-22-26-15)24-19(25-18)28-13-4-5-14(28)10-21-9-13/h3,6-8,13-14,21H,4-5,9-10H2,1-2H3,(H,22,26)(H,23,24,25). The molecule has 0 spiro atoms. The molecule has 2 unspecified atom stereocenters. The smallest absolute Gasteiger partial charge is 0.229 e. The number of anilines is 4. The summed E-state index contributed by atoms with van der Waals surface area (Å²) < 4.78 is 0. The van der Waals surface area contributed by atoms with Gasteiger partial charge in [0.15, 0.2) is 11.6 Å². The molecule has 28 heavy (non-hydrogen) atoms. The second-order valence-corrected chi connectivity index (χ2v) is 8.03. The lowest BCUT2D eigenvalue weighted by Crippen LogP contribution is -2.52. The average molecular weight is 399 g/mol. The number of hydrogen-bond donors (Lipinski definition) is 3. The lowest BCUT2D eigenvalue weighted by molar-refractivity contribution is 0.477. The van der Waals surface area contributed by atoms with Crippen molar-refractivity contribution in [3.8, 4) is 0 Å². The van der Waals surface area contributed by atoms with E-state index >= 15 is 0 Å². The lowest BCUT2D eigenvalue weighted by Gasteiger charge is -2.36. The van der Waals surface area contributed by atoms with Crippen LogP contribution in [-0.4, -0.2) is 59.4 Å². The van der Waals surface area contributed by atoms with Crippen LogP contribution < -0.4 is 20.4 Å². The summed E-state index contributed by atoms with van der Waals surface area (Å²) >= 11 is 6.67. The number of nitrogens with zero attached hydrogens (tertiary/aromatic N) is 5. The predicted molar refractivity (Wildman–Crippen MR) is 113 cm³/mol. The fourth-order valence-corrected chi connectivity index (χ4v) is 4.48. The summed E-state index contributed by atoms with van der Waals surface area (Å²) in [6.07, 6.45) is 4.14. The molecule has 1 aromatic carbocycles. The highest BCUT2D eigenvalue weighted by Gasteiger charge is 2.38. The van der Waals surface area contributed by atoms with Gasteiger partial charge in [0.1, 0.15) is 5.02 Å². The van der Waals surface area contributed by atoms with Crippen molar-refractivity contribution in [1.29, 1.82) is 0 Å². The van der Waals surface area contributed by atoms with Crippen molar-refractivity contribution in [1.82, 2.24) is 25.5 Å². The normalized spacial score (nSPS) is 21.3. The van der Waals surface area contributed by atoms with Crippen LogP contribution in [0.2, 0.25) is 5.02 Å². The zero-order chi connectivity index (χ0) is 19.3. The number of fused-ring (bicyclic) bond motifs is 3. The van der Waals surface area contributed by atoms with E-state index in [1.165, 1.54) is 12.8 Å². The topological polar surface area (TPSA) is 85.0 Å². The minimum Gasteiger partial charge on any atom is -0.361 e. The Morgan fingerprint density at radius 3 is 2.71 bits per heavy atom. The Kier molecular flexibility index (Phi) is 4.25. The zero-order valence-electron chi connectivity index (χ0n) is 15.9. The Balaban J connectivity index is 1.55. The molecule has 0 saturated carbocycles. The Bertz CT molecular complexity index is 1000. The molecule has 2 aromatic heterocycles. The summed E-state index contributed by atoms with van der Waals surface area (Å²) in [5, 5.41) is 15.5. The molecule has 2 aliphatic heterocycles. The molecule has 3 aromatic rings. The van der Waals surface area contributed by atoms with Gasteiger partial charge in [0.05, 0.1) is 11.7 Å². The third-order valence-electron chi connectivity index (χ3n) is 5.56. The minimum atomic E-state index is 0.435. The number of benzene rings is 1. The first-order chi connectivity index (χ1) is 13.6. The van der Waals surface area contributed by atoms with Gasteiger partial charge in [0.2, 0.25) is 5.95 Å². The van der Waals surface area contributed by atoms with E-state index in [2.05, 4.69) is 25.7 Å². The highest BCUT2D eigenvalue weighted by molar-refractivity contribution is 6.35. The van der Waals surface area contributed by atoms with Crippen molar-refractivity contribution < 1.29 is 0 Å². The maximum Gasteiger partial charge on any atom is 0.229 e.